The van der Waals surface area contributed by atoms with Crippen LogP contribution in [0.3, 0.4) is 0 Å². The van der Waals surface area contributed by atoms with Crippen LogP contribution in [0.4, 0.5) is 10.1 Å². The Balaban J connectivity index is 1.58. The minimum atomic E-state index is -0.782. The molecular weight excluding hydrogens is 485 g/mol. The van der Waals surface area contributed by atoms with Gasteiger partial charge in [-0.15, -0.1) is 11.3 Å². The summed E-state index contributed by atoms with van der Waals surface area (Å²) in [6.07, 6.45) is 3.67. The summed E-state index contributed by atoms with van der Waals surface area (Å²) in [5.74, 6) is -1.61. The Labute approximate surface area is 221 Å². The second kappa shape index (κ2) is 12.5. The molecule has 0 bridgehead atoms. The molecule has 0 saturated heterocycles. The summed E-state index contributed by atoms with van der Waals surface area (Å²) in [4.78, 5) is 28.0. The summed E-state index contributed by atoms with van der Waals surface area (Å²) in [6.45, 7) is 2.48. The fraction of sp³-hybridized carbons (Fsp3) is 0.226. The van der Waals surface area contributed by atoms with Gasteiger partial charge in [0, 0.05) is 10.6 Å². The largest absolute Gasteiger partial charge is 0.465 e. The maximum Gasteiger partial charge on any atom is 0.340 e. The van der Waals surface area contributed by atoms with Crippen molar-refractivity contribution >= 4 is 28.9 Å². The summed E-state index contributed by atoms with van der Waals surface area (Å²) < 4.78 is 19.0. The molecule has 1 amide bonds. The van der Waals surface area contributed by atoms with E-state index < -0.39 is 11.8 Å². The summed E-state index contributed by atoms with van der Waals surface area (Å²) in [5, 5.41) is 1.93. The van der Waals surface area contributed by atoms with Crippen LogP contribution in [-0.2, 0) is 28.9 Å². The number of halogens is 1. The number of carbonyl (C=O) groups is 2. The van der Waals surface area contributed by atoms with Crippen molar-refractivity contribution in [3.05, 3.63) is 112 Å². The molecule has 4 nitrogen and oxygen atoms in total. The number of nitrogens with zero attached hydrogens (tertiary/aromatic N) is 1. The summed E-state index contributed by atoms with van der Waals surface area (Å²) in [6, 6.07) is 24.6. The van der Waals surface area contributed by atoms with Crippen molar-refractivity contribution in [3.63, 3.8) is 0 Å². The lowest BCUT2D eigenvalue weighted by Crippen LogP contribution is -2.32. The van der Waals surface area contributed by atoms with Gasteiger partial charge in [0.1, 0.15) is 5.82 Å². The van der Waals surface area contributed by atoms with E-state index in [0.29, 0.717) is 5.69 Å². The van der Waals surface area contributed by atoms with Crippen molar-refractivity contribution in [1.29, 1.82) is 0 Å². The molecule has 3 aromatic carbocycles. The van der Waals surface area contributed by atoms with Gasteiger partial charge in [-0.05, 0) is 64.7 Å². The molecule has 0 spiro atoms. The van der Waals surface area contributed by atoms with Crippen molar-refractivity contribution in [2.24, 2.45) is 0 Å². The zero-order chi connectivity index (χ0) is 26.2. The summed E-state index contributed by atoms with van der Waals surface area (Å²) >= 11 is 1.51. The Hall–Kier alpha value is -3.77. The minimum absolute atomic E-state index is 0.142. The van der Waals surface area contributed by atoms with Gasteiger partial charge in [-0.25, -0.2) is 9.18 Å². The maximum atomic E-state index is 14.3. The van der Waals surface area contributed by atoms with Crippen molar-refractivity contribution in [2.75, 3.05) is 12.0 Å². The first-order chi connectivity index (χ1) is 18.0. The Morgan fingerprint density at radius 3 is 2.19 bits per heavy atom. The van der Waals surface area contributed by atoms with Gasteiger partial charge in [-0.2, -0.15) is 0 Å². The number of methoxy groups -OCH3 is 1. The number of amides is 1. The van der Waals surface area contributed by atoms with Crippen LogP contribution < -0.4 is 4.90 Å². The van der Waals surface area contributed by atoms with Crippen LogP contribution in [0.15, 0.2) is 84.2 Å². The van der Waals surface area contributed by atoms with Gasteiger partial charge in [-0.1, -0.05) is 67.9 Å². The number of thiophene rings is 1. The Bertz CT molecular complexity index is 1330. The molecule has 37 heavy (non-hydrogen) atoms. The van der Waals surface area contributed by atoms with Crippen molar-refractivity contribution in [1.82, 2.24) is 0 Å². The second-order valence-electron chi connectivity index (χ2n) is 8.89. The first kappa shape index (κ1) is 26.3. The number of hydrogen-bond donors (Lipinski definition) is 0. The third-order valence-corrected chi connectivity index (χ3v) is 7.15. The normalized spacial score (nSPS) is 10.8. The number of esters is 1. The lowest BCUT2D eigenvalue weighted by atomic mass is 10.0. The molecule has 0 radical (unpaired) electrons. The average Bonchev–Trinajstić information content (AvgIpc) is 3.44. The van der Waals surface area contributed by atoms with Gasteiger partial charge in [0.2, 0.25) is 5.91 Å². The van der Waals surface area contributed by atoms with E-state index in [2.05, 4.69) is 31.2 Å². The van der Waals surface area contributed by atoms with Crippen molar-refractivity contribution in [2.45, 2.75) is 39.2 Å². The fourth-order valence-corrected chi connectivity index (χ4v) is 4.85. The monoisotopic (exact) mass is 515 g/mol. The molecule has 4 aromatic rings. The highest BCUT2D eigenvalue weighted by Gasteiger charge is 2.21. The van der Waals surface area contributed by atoms with E-state index in [0.717, 1.165) is 28.0 Å². The van der Waals surface area contributed by atoms with Crippen LogP contribution >= 0.6 is 11.3 Å². The highest BCUT2D eigenvalue weighted by atomic mass is 32.1. The number of anilines is 1. The molecule has 0 saturated carbocycles. The number of benzene rings is 3. The average molecular weight is 516 g/mol. The summed E-state index contributed by atoms with van der Waals surface area (Å²) in [7, 11) is 1.20. The predicted molar refractivity (Wildman–Crippen MR) is 147 cm³/mol. The SMILES string of the molecule is CCCCc1ccc(-c2ccc(CN(C(=O)Cc3cccs3)c3ccc(F)c(C(=O)OC)c3)cc2)cc1. The zero-order valence-corrected chi connectivity index (χ0v) is 21.9. The van der Waals surface area contributed by atoms with Gasteiger partial charge < -0.3 is 9.64 Å². The van der Waals surface area contributed by atoms with E-state index in [-0.39, 0.29) is 24.4 Å². The smallest absolute Gasteiger partial charge is 0.340 e. The van der Waals surface area contributed by atoms with Crippen molar-refractivity contribution < 1.29 is 18.7 Å². The summed E-state index contributed by atoms with van der Waals surface area (Å²) in [5.41, 5.74) is 4.73. The molecule has 0 aliphatic carbocycles. The molecule has 0 N–H and O–H groups in total. The molecule has 0 aliphatic rings. The van der Waals surface area contributed by atoms with Crippen LogP contribution in [0.1, 0.15) is 46.1 Å². The highest BCUT2D eigenvalue weighted by molar-refractivity contribution is 7.10. The lowest BCUT2D eigenvalue weighted by molar-refractivity contribution is -0.118. The van der Waals surface area contributed by atoms with Gasteiger partial charge in [0.05, 0.1) is 25.6 Å². The fourth-order valence-electron chi connectivity index (χ4n) is 4.16. The van der Waals surface area contributed by atoms with E-state index in [1.807, 2.05) is 41.8 Å². The molecule has 0 aliphatic heterocycles. The number of ether oxygens (including phenoxy) is 1. The Morgan fingerprint density at radius 2 is 1.59 bits per heavy atom. The van der Waals surface area contributed by atoms with E-state index >= 15 is 0 Å². The Kier molecular flexibility index (Phi) is 8.86. The number of aryl methyl sites for hydroxylation is 1. The van der Waals surface area contributed by atoms with Gasteiger partial charge >= 0.3 is 5.97 Å². The molecule has 1 aromatic heterocycles. The van der Waals surface area contributed by atoms with Crippen molar-refractivity contribution in [3.8, 4) is 11.1 Å². The molecule has 0 atom stereocenters. The lowest BCUT2D eigenvalue weighted by Gasteiger charge is -2.24. The third-order valence-electron chi connectivity index (χ3n) is 6.27. The Morgan fingerprint density at radius 1 is 0.919 bits per heavy atom. The first-order valence-electron chi connectivity index (χ1n) is 12.4. The van der Waals surface area contributed by atoms with Gasteiger partial charge in [-0.3, -0.25) is 4.79 Å². The van der Waals surface area contributed by atoms with E-state index in [1.54, 1.807) is 4.90 Å². The minimum Gasteiger partial charge on any atom is -0.465 e. The highest BCUT2D eigenvalue weighted by Crippen LogP contribution is 2.26. The maximum absolute atomic E-state index is 14.3. The second-order valence-corrected chi connectivity index (χ2v) is 9.92. The molecular formula is C31H30FNO3S. The number of rotatable bonds is 10. The molecule has 190 valence electrons. The van der Waals surface area contributed by atoms with E-state index in [9.17, 15) is 14.0 Å². The first-order valence-corrected chi connectivity index (χ1v) is 13.2. The standard InChI is InChI=1S/C31H30FNO3S/c1-3-4-6-22-8-12-24(13-9-22)25-14-10-23(11-15-25)21-33(30(34)20-27-7-5-18-37-27)26-16-17-29(32)28(19-26)31(35)36-2/h5,7-19H,3-4,6,20-21H2,1-2H3. The quantitative estimate of drug-likeness (QED) is 0.206. The van der Waals surface area contributed by atoms with Crippen LogP contribution in [-0.4, -0.2) is 19.0 Å². The van der Waals surface area contributed by atoms with Gasteiger partial charge in [0.15, 0.2) is 0 Å². The number of carbonyl (C=O) groups excluding carboxylic acids is 2. The molecule has 0 fully saturated rings. The third kappa shape index (κ3) is 6.71. The predicted octanol–water partition coefficient (Wildman–Crippen LogP) is 7.46. The topological polar surface area (TPSA) is 46.6 Å². The number of unbranched alkanes of at least 4 members (excludes halogenated alkanes) is 1. The molecule has 1 heterocycles. The van der Waals surface area contributed by atoms with Crippen LogP contribution in [0.5, 0.6) is 0 Å². The molecule has 6 heteroatoms. The van der Waals surface area contributed by atoms with Gasteiger partial charge in [0.25, 0.3) is 0 Å². The van der Waals surface area contributed by atoms with E-state index in [4.69, 9.17) is 4.74 Å². The number of hydrogen-bond acceptors (Lipinski definition) is 4. The molecule has 0 unspecified atom stereocenters. The molecule has 4 rings (SSSR count). The van der Waals surface area contributed by atoms with Crippen LogP contribution in [0.25, 0.3) is 11.1 Å². The van der Waals surface area contributed by atoms with Crippen LogP contribution in [0.2, 0.25) is 0 Å². The van der Waals surface area contributed by atoms with E-state index in [1.165, 1.54) is 55.1 Å². The van der Waals surface area contributed by atoms with Crippen LogP contribution in [0, 0.1) is 5.82 Å². The zero-order valence-electron chi connectivity index (χ0n) is 21.1.